The van der Waals surface area contributed by atoms with E-state index in [2.05, 4.69) is 5.32 Å². The maximum Gasteiger partial charge on any atom is 0.416 e. The number of alkyl halides is 6. The number of fused-ring (bicyclic) bond motifs is 1. The first-order chi connectivity index (χ1) is 20.3. The van der Waals surface area contributed by atoms with Gasteiger partial charge >= 0.3 is 12.4 Å². The lowest BCUT2D eigenvalue weighted by molar-refractivity contribution is -0.143. The number of benzene rings is 2. The van der Waals surface area contributed by atoms with Crippen LogP contribution < -0.4 is 5.32 Å². The SMILES string of the molecule is O=C(NC1CCCC1)C1c2ccccc2C(=O)N(CCC(=O)N2CCCCC2)C1c1cc(C(F)(F)F)cc(C(F)(F)F)c1. The molecule has 2 aromatic rings. The van der Waals surface area contributed by atoms with Gasteiger partial charge < -0.3 is 15.1 Å². The standard InChI is InChI=1S/C31H33F6N3O3/c32-30(33,34)20-16-19(17-21(18-20)31(35,36)37)27-26(28(42)38-22-8-2-3-9-22)23-10-4-5-11-24(23)29(43)40(27)15-12-25(41)39-13-6-1-7-14-39/h4-5,10-11,16-18,22,26-27H,1-3,6-9,12-15H2,(H,38,42). The quantitative estimate of drug-likeness (QED) is 0.382. The third-order valence-corrected chi connectivity index (χ3v) is 8.65. The second-order valence-electron chi connectivity index (χ2n) is 11.5. The van der Waals surface area contributed by atoms with E-state index in [4.69, 9.17) is 0 Å². The molecule has 3 amide bonds. The zero-order chi connectivity index (χ0) is 30.9. The molecule has 0 bridgehead atoms. The lowest BCUT2D eigenvalue weighted by Gasteiger charge is -2.42. The molecule has 2 atom stereocenters. The lowest BCUT2D eigenvalue weighted by Crippen LogP contribution is -2.49. The Morgan fingerprint density at radius 1 is 0.837 bits per heavy atom. The van der Waals surface area contributed by atoms with Crippen molar-refractivity contribution in [2.24, 2.45) is 0 Å². The maximum absolute atomic E-state index is 13.9. The van der Waals surface area contributed by atoms with E-state index in [-0.39, 0.29) is 42.1 Å². The zero-order valence-electron chi connectivity index (χ0n) is 23.4. The lowest BCUT2D eigenvalue weighted by atomic mass is 9.78. The number of rotatable bonds is 6. The summed E-state index contributed by atoms with van der Waals surface area (Å²) >= 11 is 0. The zero-order valence-corrected chi connectivity index (χ0v) is 23.4. The summed E-state index contributed by atoms with van der Waals surface area (Å²) in [5.74, 6) is -2.82. The monoisotopic (exact) mass is 609 g/mol. The number of piperidine rings is 1. The van der Waals surface area contributed by atoms with Gasteiger partial charge in [-0.1, -0.05) is 31.0 Å². The van der Waals surface area contributed by atoms with Crippen molar-refractivity contribution in [3.63, 3.8) is 0 Å². The third kappa shape index (κ3) is 6.67. The van der Waals surface area contributed by atoms with E-state index < -0.39 is 52.8 Å². The number of hydrogen-bond donors (Lipinski definition) is 1. The average molecular weight is 610 g/mol. The number of hydrogen-bond acceptors (Lipinski definition) is 3. The van der Waals surface area contributed by atoms with E-state index in [1.165, 1.54) is 12.1 Å². The second kappa shape index (κ2) is 12.2. The summed E-state index contributed by atoms with van der Waals surface area (Å²) in [4.78, 5) is 43.6. The van der Waals surface area contributed by atoms with Crippen LogP contribution in [0.4, 0.5) is 26.3 Å². The van der Waals surface area contributed by atoms with Gasteiger partial charge in [0.1, 0.15) is 0 Å². The van der Waals surface area contributed by atoms with E-state index in [0.29, 0.717) is 38.1 Å². The molecule has 2 unspecified atom stereocenters. The molecule has 232 valence electrons. The van der Waals surface area contributed by atoms with Crippen molar-refractivity contribution in [1.82, 2.24) is 15.1 Å². The van der Waals surface area contributed by atoms with Gasteiger partial charge in [0.15, 0.2) is 0 Å². The van der Waals surface area contributed by atoms with Crippen LogP contribution in [0.1, 0.15) is 95.9 Å². The molecule has 2 heterocycles. The first-order valence-electron chi connectivity index (χ1n) is 14.6. The molecule has 5 rings (SSSR count). The van der Waals surface area contributed by atoms with Gasteiger partial charge in [0, 0.05) is 37.7 Å². The highest BCUT2D eigenvalue weighted by Crippen LogP contribution is 2.46. The molecule has 12 heteroatoms. The number of likely N-dealkylation sites (tertiary alicyclic amines) is 1. The summed E-state index contributed by atoms with van der Waals surface area (Å²) in [5, 5.41) is 2.93. The fourth-order valence-corrected chi connectivity index (χ4v) is 6.52. The van der Waals surface area contributed by atoms with Gasteiger partial charge in [-0.05, 0) is 67.5 Å². The molecule has 43 heavy (non-hydrogen) atoms. The topological polar surface area (TPSA) is 69.7 Å². The van der Waals surface area contributed by atoms with E-state index in [1.54, 1.807) is 17.0 Å². The van der Waals surface area contributed by atoms with Crippen LogP contribution in [0, 0.1) is 0 Å². The summed E-state index contributed by atoms with van der Waals surface area (Å²) in [6, 6.07) is 5.62. The van der Waals surface area contributed by atoms with Crippen LogP contribution in [0.15, 0.2) is 42.5 Å². The van der Waals surface area contributed by atoms with E-state index in [9.17, 15) is 40.7 Å². The Bertz CT molecular complexity index is 1330. The predicted molar refractivity (Wildman–Crippen MR) is 145 cm³/mol. The van der Waals surface area contributed by atoms with Crippen molar-refractivity contribution in [2.45, 2.75) is 81.7 Å². The Hall–Kier alpha value is -3.57. The average Bonchev–Trinajstić information content (AvgIpc) is 3.48. The smallest absolute Gasteiger partial charge is 0.353 e. The number of halogens is 6. The molecule has 1 saturated carbocycles. The van der Waals surface area contributed by atoms with Crippen LogP contribution in [0.5, 0.6) is 0 Å². The summed E-state index contributed by atoms with van der Waals surface area (Å²) < 4.78 is 83.5. The molecule has 2 aromatic carbocycles. The van der Waals surface area contributed by atoms with Crippen LogP contribution in [0.3, 0.4) is 0 Å². The molecule has 0 aromatic heterocycles. The van der Waals surface area contributed by atoms with Gasteiger partial charge in [-0.3, -0.25) is 14.4 Å². The Morgan fingerprint density at radius 2 is 1.44 bits per heavy atom. The highest BCUT2D eigenvalue weighted by Gasteiger charge is 2.46. The van der Waals surface area contributed by atoms with Crippen LogP contribution in [0.2, 0.25) is 0 Å². The van der Waals surface area contributed by atoms with Gasteiger partial charge in [0.05, 0.1) is 23.1 Å². The summed E-state index contributed by atoms with van der Waals surface area (Å²) in [6.45, 7) is 0.792. The number of nitrogens with zero attached hydrogens (tertiary/aromatic N) is 2. The van der Waals surface area contributed by atoms with Crippen molar-refractivity contribution >= 4 is 17.7 Å². The minimum Gasteiger partial charge on any atom is -0.353 e. The minimum absolute atomic E-state index is 0.0277. The molecule has 0 radical (unpaired) electrons. The molecule has 0 spiro atoms. The van der Waals surface area contributed by atoms with E-state index in [0.717, 1.165) is 37.0 Å². The highest BCUT2D eigenvalue weighted by molar-refractivity contribution is 6.01. The fourth-order valence-electron chi connectivity index (χ4n) is 6.52. The number of carbonyl (C=O) groups excluding carboxylic acids is 3. The number of nitrogens with one attached hydrogen (secondary N) is 1. The summed E-state index contributed by atoms with van der Waals surface area (Å²) in [6.07, 6.45) is -4.68. The first kappa shape index (κ1) is 30.9. The Morgan fingerprint density at radius 3 is 2.05 bits per heavy atom. The fraction of sp³-hybridized carbons (Fsp3) is 0.516. The van der Waals surface area contributed by atoms with Crippen molar-refractivity contribution in [3.05, 3.63) is 70.3 Å². The van der Waals surface area contributed by atoms with Crippen LogP contribution in [0.25, 0.3) is 0 Å². The molecule has 1 aliphatic carbocycles. The van der Waals surface area contributed by atoms with Crippen LogP contribution >= 0.6 is 0 Å². The molecule has 1 saturated heterocycles. The van der Waals surface area contributed by atoms with Gasteiger partial charge in [-0.2, -0.15) is 26.3 Å². The van der Waals surface area contributed by atoms with Crippen molar-refractivity contribution in [2.75, 3.05) is 19.6 Å². The van der Waals surface area contributed by atoms with Gasteiger partial charge in [0.2, 0.25) is 11.8 Å². The molecule has 3 aliphatic rings. The molecular weight excluding hydrogens is 576 g/mol. The van der Waals surface area contributed by atoms with E-state index >= 15 is 0 Å². The molecular formula is C31H33F6N3O3. The van der Waals surface area contributed by atoms with Crippen molar-refractivity contribution in [1.29, 1.82) is 0 Å². The Balaban J connectivity index is 1.63. The normalized spacial score (nSPS) is 21.6. The third-order valence-electron chi connectivity index (χ3n) is 8.65. The summed E-state index contributed by atoms with van der Waals surface area (Å²) in [5.41, 5.74) is -3.20. The second-order valence-corrected chi connectivity index (χ2v) is 11.5. The van der Waals surface area contributed by atoms with Gasteiger partial charge in [-0.25, -0.2) is 0 Å². The maximum atomic E-state index is 13.9. The number of carbonyl (C=O) groups is 3. The molecule has 6 nitrogen and oxygen atoms in total. The van der Waals surface area contributed by atoms with Crippen LogP contribution in [-0.4, -0.2) is 53.2 Å². The summed E-state index contributed by atoms with van der Waals surface area (Å²) in [7, 11) is 0. The van der Waals surface area contributed by atoms with Crippen molar-refractivity contribution < 1.29 is 40.7 Å². The van der Waals surface area contributed by atoms with Crippen molar-refractivity contribution in [3.8, 4) is 0 Å². The minimum atomic E-state index is -5.12. The first-order valence-corrected chi connectivity index (χ1v) is 14.6. The molecule has 2 aliphatic heterocycles. The Labute approximate surface area is 245 Å². The largest absolute Gasteiger partial charge is 0.416 e. The van der Waals surface area contributed by atoms with Gasteiger partial charge in [-0.15, -0.1) is 0 Å². The Kier molecular flexibility index (Phi) is 8.76. The van der Waals surface area contributed by atoms with Crippen LogP contribution in [-0.2, 0) is 21.9 Å². The predicted octanol–water partition coefficient (Wildman–Crippen LogP) is 6.47. The number of amides is 3. The highest BCUT2D eigenvalue weighted by atomic mass is 19.4. The van der Waals surface area contributed by atoms with Gasteiger partial charge in [0.25, 0.3) is 5.91 Å². The molecule has 2 fully saturated rings. The van der Waals surface area contributed by atoms with E-state index in [1.807, 2.05) is 0 Å². The molecule has 1 N–H and O–H groups in total.